The Kier molecular flexibility index (Phi) is 4.66. The second-order valence-corrected chi connectivity index (χ2v) is 6.04. The molecule has 1 saturated heterocycles. The number of para-hydroxylation sites is 1. The summed E-state index contributed by atoms with van der Waals surface area (Å²) >= 11 is 0. The third kappa shape index (κ3) is 3.75. The summed E-state index contributed by atoms with van der Waals surface area (Å²) in [6, 6.07) is 17.4. The molecule has 1 aliphatic rings. The molecule has 26 heavy (non-hydrogen) atoms. The number of rotatable bonds is 5. The van der Waals surface area contributed by atoms with Gasteiger partial charge in [-0.1, -0.05) is 24.3 Å². The molecule has 3 aromatic rings. The average Bonchev–Trinajstić information content (AvgIpc) is 3.13. The minimum absolute atomic E-state index is 0.0796. The molecule has 1 amide bonds. The SMILES string of the molecule is O=C1NCCOC1Cc1cn(-c2cccc(Oc3ccccc3)c2)cn1. The van der Waals surface area contributed by atoms with E-state index in [1.165, 1.54) is 0 Å². The van der Waals surface area contributed by atoms with Crippen LogP contribution in [0.1, 0.15) is 5.69 Å². The van der Waals surface area contributed by atoms with Crippen molar-refractivity contribution < 1.29 is 14.3 Å². The van der Waals surface area contributed by atoms with Gasteiger partial charge in [0.2, 0.25) is 5.91 Å². The van der Waals surface area contributed by atoms with Gasteiger partial charge in [0.15, 0.2) is 0 Å². The van der Waals surface area contributed by atoms with Crippen LogP contribution in [-0.2, 0) is 16.0 Å². The zero-order valence-electron chi connectivity index (χ0n) is 14.2. The van der Waals surface area contributed by atoms with E-state index in [0.717, 1.165) is 22.9 Å². The number of benzene rings is 2. The molecule has 2 heterocycles. The lowest BCUT2D eigenvalue weighted by Crippen LogP contribution is -2.45. The van der Waals surface area contributed by atoms with Crippen molar-refractivity contribution in [3.05, 3.63) is 72.8 Å². The Morgan fingerprint density at radius 3 is 2.85 bits per heavy atom. The van der Waals surface area contributed by atoms with Crippen LogP contribution < -0.4 is 10.1 Å². The van der Waals surface area contributed by atoms with E-state index in [2.05, 4.69) is 10.3 Å². The Balaban J connectivity index is 1.48. The Hall–Kier alpha value is -3.12. The molecule has 1 unspecified atom stereocenters. The van der Waals surface area contributed by atoms with Crippen LogP contribution in [-0.4, -0.2) is 34.7 Å². The average molecular weight is 349 g/mol. The fourth-order valence-corrected chi connectivity index (χ4v) is 2.85. The van der Waals surface area contributed by atoms with Gasteiger partial charge < -0.3 is 19.4 Å². The maximum Gasteiger partial charge on any atom is 0.249 e. The van der Waals surface area contributed by atoms with Crippen molar-refractivity contribution in [2.45, 2.75) is 12.5 Å². The van der Waals surface area contributed by atoms with E-state index < -0.39 is 6.10 Å². The van der Waals surface area contributed by atoms with E-state index in [1.807, 2.05) is 65.4 Å². The van der Waals surface area contributed by atoms with Gasteiger partial charge in [-0.2, -0.15) is 0 Å². The molecule has 0 saturated carbocycles. The Labute approximate surface area is 151 Å². The van der Waals surface area contributed by atoms with Gasteiger partial charge in [0.25, 0.3) is 0 Å². The highest BCUT2D eigenvalue weighted by atomic mass is 16.5. The van der Waals surface area contributed by atoms with E-state index in [1.54, 1.807) is 6.33 Å². The molecule has 2 aromatic carbocycles. The first-order valence-corrected chi connectivity index (χ1v) is 8.53. The summed E-state index contributed by atoms with van der Waals surface area (Å²) in [6.07, 6.45) is 3.63. The summed E-state index contributed by atoms with van der Waals surface area (Å²) in [5.41, 5.74) is 1.74. The molecule has 0 radical (unpaired) electrons. The lowest BCUT2D eigenvalue weighted by molar-refractivity contribution is -0.137. The van der Waals surface area contributed by atoms with E-state index in [0.29, 0.717) is 19.6 Å². The maximum absolute atomic E-state index is 11.8. The number of amides is 1. The van der Waals surface area contributed by atoms with E-state index in [4.69, 9.17) is 9.47 Å². The van der Waals surface area contributed by atoms with Crippen LogP contribution in [0, 0.1) is 0 Å². The quantitative estimate of drug-likeness (QED) is 0.769. The minimum Gasteiger partial charge on any atom is -0.457 e. The normalized spacial score (nSPS) is 16.9. The van der Waals surface area contributed by atoms with Gasteiger partial charge in [0, 0.05) is 25.2 Å². The molecule has 132 valence electrons. The van der Waals surface area contributed by atoms with Gasteiger partial charge >= 0.3 is 0 Å². The van der Waals surface area contributed by atoms with E-state index in [-0.39, 0.29) is 5.91 Å². The number of morpholine rings is 1. The van der Waals surface area contributed by atoms with Crippen LogP contribution in [0.3, 0.4) is 0 Å². The third-order valence-electron chi connectivity index (χ3n) is 4.14. The standard InChI is InChI=1S/C20H19N3O3/c24-20-19(25-10-9-21-20)11-15-13-23(14-22-15)16-5-4-8-18(12-16)26-17-6-2-1-3-7-17/h1-8,12-14,19H,9-11H2,(H,21,24). The van der Waals surface area contributed by atoms with E-state index >= 15 is 0 Å². The number of hydrogen-bond donors (Lipinski definition) is 1. The monoisotopic (exact) mass is 349 g/mol. The summed E-state index contributed by atoms with van der Waals surface area (Å²) in [5, 5.41) is 2.81. The van der Waals surface area contributed by atoms with Gasteiger partial charge in [-0.25, -0.2) is 4.98 Å². The van der Waals surface area contributed by atoms with Crippen LogP contribution in [0.4, 0.5) is 0 Å². The first-order chi connectivity index (χ1) is 12.8. The lowest BCUT2D eigenvalue weighted by atomic mass is 10.2. The summed E-state index contributed by atoms with van der Waals surface area (Å²) < 4.78 is 13.3. The minimum atomic E-state index is -0.472. The number of imidazole rings is 1. The summed E-state index contributed by atoms with van der Waals surface area (Å²) in [5.74, 6) is 1.46. The summed E-state index contributed by atoms with van der Waals surface area (Å²) in [6.45, 7) is 1.11. The third-order valence-corrected chi connectivity index (χ3v) is 4.14. The lowest BCUT2D eigenvalue weighted by Gasteiger charge is -2.21. The second kappa shape index (κ2) is 7.41. The van der Waals surface area contributed by atoms with Gasteiger partial charge in [0.05, 0.1) is 24.3 Å². The van der Waals surface area contributed by atoms with Crippen molar-refractivity contribution in [3.8, 4) is 17.2 Å². The summed E-state index contributed by atoms with van der Waals surface area (Å²) in [4.78, 5) is 16.2. The first-order valence-electron chi connectivity index (χ1n) is 8.53. The van der Waals surface area contributed by atoms with Crippen LogP contribution in [0.15, 0.2) is 67.1 Å². The number of aromatic nitrogens is 2. The molecular formula is C20H19N3O3. The zero-order valence-corrected chi connectivity index (χ0v) is 14.2. The molecule has 1 fully saturated rings. The Morgan fingerprint density at radius 1 is 1.15 bits per heavy atom. The zero-order chi connectivity index (χ0) is 17.8. The van der Waals surface area contributed by atoms with Crippen LogP contribution >= 0.6 is 0 Å². The Morgan fingerprint density at radius 2 is 2.00 bits per heavy atom. The van der Waals surface area contributed by atoms with Gasteiger partial charge in [-0.3, -0.25) is 4.79 Å². The molecule has 6 heteroatoms. The fourth-order valence-electron chi connectivity index (χ4n) is 2.85. The van der Waals surface area contributed by atoms with Crippen molar-refractivity contribution in [2.24, 2.45) is 0 Å². The smallest absolute Gasteiger partial charge is 0.249 e. The highest BCUT2D eigenvalue weighted by Gasteiger charge is 2.23. The van der Waals surface area contributed by atoms with Crippen LogP contribution in [0.2, 0.25) is 0 Å². The number of carbonyl (C=O) groups is 1. The first kappa shape index (κ1) is 16.4. The molecule has 0 bridgehead atoms. The van der Waals surface area contributed by atoms with E-state index in [9.17, 15) is 4.79 Å². The Bertz CT molecular complexity index is 892. The molecule has 1 N–H and O–H groups in total. The highest BCUT2D eigenvalue weighted by Crippen LogP contribution is 2.23. The van der Waals surface area contributed by atoms with Crippen molar-refractivity contribution in [2.75, 3.05) is 13.2 Å². The molecule has 1 aliphatic heterocycles. The van der Waals surface area contributed by atoms with Crippen molar-refractivity contribution in [1.82, 2.24) is 14.9 Å². The number of nitrogens with zero attached hydrogens (tertiary/aromatic N) is 2. The van der Waals surface area contributed by atoms with Crippen LogP contribution in [0.5, 0.6) is 11.5 Å². The maximum atomic E-state index is 11.8. The molecule has 0 spiro atoms. The number of ether oxygens (including phenoxy) is 2. The van der Waals surface area contributed by atoms with Crippen molar-refractivity contribution in [3.63, 3.8) is 0 Å². The predicted molar refractivity (Wildman–Crippen MR) is 96.5 cm³/mol. The highest BCUT2D eigenvalue weighted by molar-refractivity contribution is 5.81. The van der Waals surface area contributed by atoms with Crippen molar-refractivity contribution >= 4 is 5.91 Å². The molecule has 1 aromatic heterocycles. The fraction of sp³-hybridized carbons (Fsp3) is 0.200. The largest absolute Gasteiger partial charge is 0.457 e. The van der Waals surface area contributed by atoms with Gasteiger partial charge in [-0.15, -0.1) is 0 Å². The second-order valence-electron chi connectivity index (χ2n) is 6.04. The van der Waals surface area contributed by atoms with Gasteiger partial charge in [-0.05, 0) is 24.3 Å². The number of carbonyl (C=O) groups excluding carboxylic acids is 1. The summed E-state index contributed by atoms with van der Waals surface area (Å²) in [7, 11) is 0. The van der Waals surface area contributed by atoms with Gasteiger partial charge in [0.1, 0.15) is 17.6 Å². The topological polar surface area (TPSA) is 65.4 Å². The van der Waals surface area contributed by atoms with Crippen molar-refractivity contribution in [1.29, 1.82) is 0 Å². The predicted octanol–water partition coefficient (Wildman–Crippen LogP) is 2.72. The molecular weight excluding hydrogens is 330 g/mol. The van der Waals surface area contributed by atoms with Crippen LogP contribution in [0.25, 0.3) is 5.69 Å². The molecule has 0 aliphatic carbocycles. The number of nitrogens with one attached hydrogen (secondary N) is 1. The number of hydrogen-bond acceptors (Lipinski definition) is 4. The molecule has 4 rings (SSSR count). The molecule has 1 atom stereocenters. The molecule has 6 nitrogen and oxygen atoms in total.